The number of carbonyl (C=O) groups is 1. The van der Waals surface area contributed by atoms with Gasteiger partial charge in [-0.25, -0.2) is 9.78 Å². The number of fused-ring (bicyclic) bond motifs is 1. The Morgan fingerprint density at radius 2 is 2.08 bits per heavy atom. The van der Waals surface area contributed by atoms with Gasteiger partial charge in [0.05, 0.1) is 18.4 Å². The van der Waals surface area contributed by atoms with Gasteiger partial charge in [0.25, 0.3) is 0 Å². The van der Waals surface area contributed by atoms with Crippen molar-refractivity contribution < 1.29 is 9.53 Å². The Balaban J connectivity index is 1.74. The van der Waals surface area contributed by atoms with Gasteiger partial charge in [0.15, 0.2) is 5.82 Å². The van der Waals surface area contributed by atoms with Crippen molar-refractivity contribution in [1.29, 1.82) is 0 Å². The number of hydrogen-bond acceptors (Lipinski definition) is 3. The van der Waals surface area contributed by atoms with Crippen LogP contribution in [0.3, 0.4) is 0 Å². The molecular weight excluding hydrogens is 338 g/mol. The smallest absolute Gasteiger partial charge is 0.410 e. The van der Waals surface area contributed by atoms with Crippen LogP contribution in [0, 0.1) is 11.8 Å². The fourth-order valence-electron chi connectivity index (χ4n) is 2.56. The van der Waals surface area contributed by atoms with Crippen LogP contribution in [0.15, 0.2) is 30.5 Å². The fourth-order valence-corrected chi connectivity index (χ4v) is 2.75. The zero-order valence-corrected chi connectivity index (χ0v) is 15.3. The maximum atomic E-state index is 12.2. The minimum atomic E-state index is -0.498. The van der Waals surface area contributed by atoms with Crippen molar-refractivity contribution in [3.63, 3.8) is 0 Å². The summed E-state index contributed by atoms with van der Waals surface area (Å²) in [5, 5.41) is 0.657. The summed E-state index contributed by atoms with van der Waals surface area (Å²) in [6.07, 6.45) is 1.46. The number of halogens is 1. The van der Waals surface area contributed by atoms with Crippen LogP contribution in [0.4, 0.5) is 4.79 Å². The van der Waals surface area contributed by atoms with Crippen LogP contribution >= 0.6 is 11.6 Å². The summed E-state index contributed by atoms with van der Waals surface area (Å²) in [5.74, 6) is 6.86. The molecule has 1 aliphatic heterocycles. The van der Waals surface area contributed by atoms with E-state index in [1.165, 1.54) is 0 Å². The number of amides is 1. The number of rotatable bonds is 0. The van der Waals surface area contributed by atoms with Crippen LogP contribution in [0.1, 0.15) is 37.9 Å². The Hall–Kier alpha value is -2.45. The van der Waals surface area contributed by atoms with Crippen molar-refractivity contribution in [1.82, 2.24) is 14.5 Å². The normalized spacial score (nSPS) is 13.7. The number of benzene rings is 1. The lowest BCUT2D eigenvalue weighted by Crippen LogP contribution is -2.41. The first-order valence-electron chi connectivity index (χ1n) is 8.12. The van der Waals surface area contributed by atoms with Gasteiger partial charge in [0.2, 0.25) is 0 Å². The van der Waals surface area contributed by atoms with E-state index in [0.717, 1.165) is 11.3 Å². The summed E-state index contributed by atoms with van der Waals surface area (Å²) in [6, 6.07) is 7.41. The SMILES string of the molecule is CC(C)(C)OC(=O)N1CCn2c(cnc2C#Cc2cccc(Cl)c2)C1. The average Bonchev–Trinajstić information content (AvgIpc) is 2.93. The Kier molecular flexibility index (Phi) is 4.73. The Morgan fingerprint density at radius 3 is 2.80 bits per heavy atom. The Morgan fingerprint density at radius 1 is 1.28 bits per heavy atom. The van der Waals surface area contributed by atoms with E-state index in [1.54, 1.807) is 11.1 Å². The largest absolute Gasteiger partial charge is 0.444 e. The first kappa shape index (κ1) is 17.4. The first-order valence-corrected chi connectivity index (χ1v) is 8.49. The first-order chi connectivity index (χ1) is 11.8. The Bertz CT molecular complexity index is 856. The third kappa shape index (κ3) is 4.34. The maximum absolute atomic E-state index is 12.2. The van der Waals surface area contributed by atoms with Gasteiger partial charge in [-0.05, 0) is 44.9 Å². The molecule has 2 heterocycles. The molecule has 0 bridgehead atoms. The molecule has 3 rings (SSSR count). The van der Waals surface area contributed by atoms with Gasteiger partial charge in [0.1, 0.15) is 5.60 Å². The summed E-state index contributed by atoms with van der Waals surface area (Å²) in [5.41, 5.74) is 1.30. The van der Waals surface area contributed by atoms with Crippen LogP contribution in [0.25, 0.3) is 0 Å². The molecule has 1 aromatic heterocycles. The van der Waals surface area contributed by atoms with Crippen molar-refractivity contribution in [2.24, 2.45) is 0 Å². The van der Waals surface area contributed by atoms with E-state index >= 15 is 0 Å². The van der Waals surface area contributed by atoms with Gasteiger partial charge in [-0.15, -0.1) is 0 Å². The number of carbonyl (C=O) groups excluding carboxylic acids is 1. The van der Waals surface area contributed by atoms with E-state index in [9.17, 15) is 4.79 Å². The molecule has 0 saturated heterocycles. The molecule has 1 aliphatic rings. The van der Waals surface area contributed by atoms with Gasteiger partial charge in [-0.2, -0.15) is 0 Å². The van der Waals surface area contributed by atoms with Crippen LogP contribution in [0.5, 0.6) is 0 Å². The molecule has 1 amide bonds. The van der Waals surface area contributed by atoms with Crippen LogP contribution in [0.2, 0.25) is 5.02 Å². The molecule has 0 spiro atoms. The highest BCUT2D eigenvalue weighted by Gasteiger charge is 2.26. The number of imidazole rings is 1. The summed E-state index contributed by atoms with van der Waals surface area (Å²) >= 11 is 5.97. The predicted molar refractivity (Wildman–Crippen MR) is 96.3 cm³/mol. The molecule has 0 fully saturated rings. The lowest BCUT2D eigenvalue weighted by atomic mass is 10.2. The van der Waals surface area contributed by atoms with Crippen molar-refractivity contribution in [2.75, 3.05) is 6.54 Å². The summed E-state index contributed by atoms with van der Waals surface area (Å²) in [7, 11) is 0. The van der Waals surface area contributed by atoms with E-state index in [4.69, 9.17) is 16.3 Å². The zero-order valence-electron chi connectivity index (χ0n) is 14.5. The minimum absolute atomic E-state index is 0.300. The van der Waals surface area contributed by atoms with Gasteiger partial charge >= 0.3 is 6.09 Å². The summed E-state index contributed by atoms with van der Waals surface area (Å²) < 4.78 is 7.47. The third-order valence-electron chi connectivity index (χ3n) is 3.68. The predicted octanol–water partition coefficient (Wildman–Crippen LogP) is 3.69. The molecule has 0 radical (unpaired) electrons. The second kappa shape index (κ2) is 6.81. The molecular formula is C19H20ClN3O2. The number of nitrogens with zero attached hydrogens (tertiary/aromatic N) is 3. The molecule has 130 valence electrons. The number of hydrogen-bond donors (Lipinski definition) is 0. The highest BCUT2D eigenvalue weighted by atomic mass is 35.5. The average molecular weight is 358 g/mol. The van der Waals surface area contributed by atoms with Crippen molar-refractivity contribution in [3.05, 3.63) is 52.6 Å². The summed E-state index contributed by atoms with van der Waals surface area (Å²) in [6.45, 7) is 7.28. The molecule has 0 atom stereocenters. The fraction of sp³-hybridized carbons (Fsp3) is 0.368. The van der Waals surface area contributed by atoms with Crippen LogP contribution < -0.4 is 0 Å². The maximum Gasteiger partial charge on any atom is 0.410 e. The number of aromatic nitrogens is 2. The molecule has 0 unspecified atom stereocenters. The molecule has 6 heteroatoms. The monoisotopic (exact) mass is 357 g/mol. The van der Waals surface area contributed by atoms with Crippen molar-refractivity contribution >= 4 is 17.7 Å². The van der Waals surface area contributed by atoms with Gasteiger partial charge in [-0.1, -0.05) is 23.6 Å². The highest BCUT2D eigenvalue weighted by Crippen LogP contribution is 2.18. The highest BCUT2D eigenvalue weighted by molar-refractivity contribution is 6.30. The second-order valence-corrected chi connectivity index (χ2v) is 7.32. The van der Waals surface area contributed by atoms with Gasteiger partial charge in [0, 0.05) is 23.7 Å². The molecule has 0 aliphatic carbocycles. The quantitative estimate of drug-likeness (QED) is 0.675. The van der Waals surface area contributed by atoms with Gasteiger partial charge < -0.3 is 14.2 Å². The molecule has 2 aromatic rings. The van der Waals surface area contributed by atoms with Crippen molar-refractivity contribution in [3.8, 4) is 11.8 Å². The molecule has 0 saturated carbocycles. The lowest BCUT2D eigenvalue weighted by Gasteiger charge is -2.30. The number of ether oxygens (including phenoxy) is 1. The van der Waals surface area contributed by atoms with E-state index in [2.05, 4.69) is 16.8 Å². The molecule has 0 N–H and O–H groups in total. The van der Waals surface area contributed by atoms with Crippen molar-refractivity contribution in [2.45, 2.75) is 39.5 Å². The molecule has 5 nitrogen and oxygen atoms in total. The second-order valence-electron chi connectivity index (χ2n) is 6.89. The zero-order chi connectivity index (χ0) is 18.0. The minimum Gasteiger partial charge on any atom is -0.444 e. The standard InChI is InChI=1S/C19H20ClN3O2/c1-19(2,3)25-18(24)22-9-10-23-16(13-22)12-21-17(23)8-7-14-5-4-6-15(20)11-14/h4-6,11-12H,9-10,13H2,1-3H3. The lowest BCUT2D eigenvalue weighted by molar-refractivity contribution is 0.0199. The van der Waals surface area contributed by atoms with Crippen LogP contribution in [-0.2, 0) is 17.8 Å². The Labute approximate surface area is 152 Å². The topological polar surface area (TPSA) is 47.4 Å². The molecule has 25 heavy (non-hydrogen) atoms. The van der Waals surface area contributed by atoms with E-state index in [-0.39, 0.29) is 6.09 Å². The molecule has 1 aromatic carbocycles. The summed E-state index contributed by atoms with van der Waals surface area (Å²) in [4.78, 5) is 18.3. The third-order valence-corrected chi connectivity index (χ3v) is 3.91. The van der Waals surface area contributed by atoms with Crippen LogP contribution in [-0.4, -0.2) is 32.7 Å². The van der Waals surface area contributed by atoms with E-state index in [1.807, 2.05) is 49.6 Å². The van der Waals surface area contributed by atoms with E-state index < -0.39 is 5.60 Å². The van der Waals surface area contributed by atoms with Gasteiger partial charge in [-0.3, -0.25) is 0 Å². The van der Waals surface area contributed by atoms with E-state index in [0.29, 0.717) is 30.5 Å².